The summed E-state index contributed by atoms with van der Waals surface area (Å²) >= 11 is 0. The van der Waals surface area contributed by atoms with Crippen molar-refractivity contribution in [1.82, 2.24) is 10.2 Å². The molecule has 0 aliphatic carbocycles. The van der Waals surface area contributed by atoms with Crippen LogP contribution in [-0.4, -0.2) is 41.5 Å². The molecule has 1 saturated heterocycles. The summed E-state index contributed by atoms with van der Waals surface area (Å²) in [5.74, 6) is -0.652. The number of rotatable bonds is 8. The van der Waals surface area contributed by atoms with Crippen LogP contribution >= 0.6 is 0 Å². The highest BCUT2D eigenvalue weighted by atomic mass is 16.5. The number of hydrogen-bond acceptors (Lipinski definition) is 4. The van der Waals surface area contributed by atoms with Crippen molar-refractivity contribution in [1.29, 1.82) is 0 Å². The fourth-order valence-corrected chi connectivity index (χ4v) is 2.31. The lowest BCUT2D eigenvalue weighted by Crippen LogP contribution is -2.47. The number of amides is 3. The van der Waals surface area contributed by atoms with Crippen LogP contribution in [0, 0.1) is 0 Å². The quantitative estimate of drug-likeness (QED) is 0.417. The third-order valence-corrected chi connectivity index (χ3v) is 3.25. The van der Waals surface area contributed by atoms with E-state index < -0.39 is 11.6 Å². The number of imide groups is 1. The summed E-state index contributed by atoms with van der Waals surface area (Å²) in [6.45, 7) is 7.92. The molecule has 0 aromatic rings. The molecule has 20 heavy (non-hydrogen) atoms. The second kappa shape index (κ2) is 7.07. The molecule has 0 aromatic heterocycles. The average molecular weight is 282 g/mol. The van der Waals surface area contributed by atoms with Gasteiger partial charge in [0.2, 0.25) is 0 Å². The van der Waals surface area contributed by atoms with E-state index in [1.807, 2.05) is 6.92 Å². The molecule has 0 saturated carbocycles. The lowest BCUT2D eigenvalue weighted by atomic mass is 9.89. The number of nitrogens with one attached hydrogen (secondary N) is 1. The summed E-state index contributed by atoms with van der Waals surface area (Å²) in [5.41, 5.74) is -1.05. The Labute approximate surface area is 119 Å². The van der Waals surface area contributed by atoms with Gasteiger partial charge in [-0.3, -0.25) is 14.5 Å². The van der Waals surface area contributed by atoms with Crippen molar-refractivity contribution >= 4 is 17.9 Å². The smallest absolute Gasteiger partial charge is 0.325 e. The molecule has 0 radical (unpaired) electrons. The first kappa shape index (κ1) is 16.2. The number of esters is 1. The molecule has 6 nitrogen and oxygen atoms in total. The van der Waals surface area contributed by atoms with Crippen LogP contribution in [0.1, 0.15) is 39.5 Å². The highest BCUT2D eigenvalue weighted by Crippen LogP contribution is 2.27. The number of carbonyl (C=O) groups excluding carboxylic acids is 3. The molecular weight excluding hydrogens is 260 g/mol. The van der Waals surface area contributed by atoms with E-state index >= 15 is 0 Å². The van der Waals surface area contributed by atoms with Gasteiger partial charge < -0.3 is 10.1 Å². The Morgan fingerprint density at radius 3 is 2.70 bits per heavy atom. The van der Waals surface area contributed by atoms with E-state index in [0.29, 0.717) is 26.0 Å². The number of carbonyl (C=O) groups is 3. The topological polar surface area (TPSA) is 75.7 Å². The maximum atomic E-state index is 12.4. The molecule has 3 amide bonds. The Morgan fingerprint density at radius 2 is 2.15 bits per heavy atom. The van der Waals surface area contributed by atoms with Gasteiger partial charge in [0.25, 0.3) is 5.91 Å². The number of urea groups is 1. The Bertz CT molecular complexity index is 408. The van der Waals surface area contributed by atoms with E-state index in [2.05, 4.69) is 11.9 Å². The van der Waals surface area contributed by atoms with Crippen LogP contribution in [0.2, 0.25) is 0 Å². The summed E-state index contributed by atoms with van der Waals surface area (Å²) in [5, 5.41) is 2.71. The van der Waals surface area contributed by atoms with Gasteiger partial charge in [-0.05, 0) is 26.2 Å². The van der Waals surface area contributed by atoms with Crippen LogP contribution in [0.4, 0.5) is 4.79 Å². The van der Waals surface area contributed by atoms with Crippen LogP contribution in [0.25, 0.3) is 0 Å². The molecule has 1 heterocycles. The third kappa shape index (κ3) is 3.37. The van der Waals surface area contributed by atoms with Crippen molar-refractivity contribution in [3.63, 3.8) is 0 Å². The minimum Gasteiger partial charge on any atom is -0.466 e. The second-order valence-electron chi connectivity index (χ2n) is 4.77. The number of nitrogens with zero attached hydrogens (tertiary/aromatic N) is 1. The van der Waals surface area contributed by atoms with Gasteiger partial charge in [-0.2, -0.15) is 0 Å². The van der Waals surface area contributed by atoms with Crippen LogP contribution in [0.5, 0.6) is 0 Å². The van der Waals surface area contributed by atoms with Crippen LogP contribution in [0.3, 0.4) is 0 Å². The number of ether oxygens (including phenoxy) is 1. The Kier molecular flexibility index (Phi) is 5.73. The fraction of sp³-hybridized carbons (Fsp3) is 0.643. The minimum absolute atomic E-state index is 0.0909. The van der Waals surface area contributed by atoms with E-state index in [-0.39, 0.29) is 24.7 Å². The van der Waals surface area contributed by atoms with Gasteiger partial charge in [0.15, 0.2) is 0 Å². The minimum atomic E-state index is -1.05. The molecule has 1 aliphatic rings. The predicted octanol–water partition coefficient (Wildman–Crippen LogP) is 1.61. The van der Waals surface area contributed by atoms with Gasteiger partial charge in [-0.25, -0.2) is 4.79 Å². The summed E-state index contributed by atoms with van der Waals surface area (Å²) in [6.07, 6.45) is 2.90. The summed E-state index contributed by atoms with van der Waals surface area (Å²) < 4.78 is 4.86. The average Bonchev–Trinajstić information content (AvgIpc) is 2.63. The maximum absolute atomic E-state index is 12.4. The fourth-order valence-electron chi connectivity index (χ4n) is 2.31. The highest BCUT2D eigenvalue weighted by Gasteiger charge is 2.49. The van der Waals surface area contributed by atoms with E-state index in [1.54, 1.807) is 13.0 Å². The van der Waals surface area contributed by atoms with Gasteiger partial charge in [0.05, 0.1) is 6.61 Å². The molecule has 1 N–H and O–H groups in total. The zero-order valence-electron chi connectivity index (χ0n) is 12.1. The molecule has 0 spiro atoms. The molecule has 1 fully saturated rings. The van der Waals surface area contributed by atoms with Gasteiger partial charge in [0, 0.05) is 13.0 Å². The first-order valence-electron chi connectivity index (χ1n) is 6.91. The normalized spacial score (nSPS) is 21.8. The van der Waals surface area contributed by atoms with E-state index in [4.69, 9.17) is 4.74 Å². The molecule has 1 rings (SSSR count). The standard InChI is InChI=1S/C14H22N2O4/c1-4-8-14(9-7-11(17)20-6-3)12(18)16(10-5-2)13(19)15-14/h4H,1,5-10H2,2-3H3,(H,15,19). The molecule has 1 atom stereocenters. The number of hydrogen-bond donors (Lipinski definition) is 1. The van der Waals surface area contributed by atoms with Crippen molar-refractivity contribution < 1.29 is 19.1 Å². The van der Waals surface area contributed by atoms with Gasteiger partial charge in [-0.15, -0.1) is 6.58 Å². The Hall–Kier alpha value is -1.85. The van der Waals surface area contributed by atoms with Crippen molar-refractivity contribution in [3.05, 3.63) is 12.7 Å². The van der Waals surface area contributed by atoms with Crippen LogP contribution < -0.4 is 5.32 Å². The predicted molar refractivity (Wildman–Crippen MR) is 73.9 cm³/mol. The molecule has 1 aliphatic heterocycles. The van der Waals surface area contributed by atoms with Crippen LogP contribution in [-0.2, 0) is 14.3 Å². The Morgan fingerprint density at radius 1 is 1.45 bits per heavy atom. The van der Waals surface area contributed by atoms with E-state index in [0.717, 1.165) is 0 Å². The zero-order chi connectivity index (χ0) is 15.2. The summed E-state index contributed by atoms with van der Waals surface area (Å²) in [6, 6.07) is -0.400. The summed E-state index contributed by atoms with van der Waals surface area (Å²) in [7, 11) is 0. The molecule has 1 unspecified atom stereocenters. The zero-order valence-corrected chi connectivity index (χ0v) is 12.1. The third-order valence-electron chi connectivity index (χ3n) is 3.25. The summed E-state index contributed by atoms with van der Waals surface area (Å²) in [4.78, 5) is 37.0. The SMILES string of the molecule is C=CCC1(CCC(=O)OCC)NC(=O)N(CCC)C1=O. The van der Waals surface area contributed by atoms with Crippen molar-refractivity contribution in [2.24, 2.45) is 0 Å². The Balaban J connectivity index is 2.82. The van der Waals surface area contributed by atoms with E-state index in [9.17, 15) is 14.4 Å². The van der Waals surface area contributed by atoms with Crippen LogP contribution in [0.15, 0.2) is 12.7 Å². The van der Waals surface area contributed by atoms with Gasteiger partial charge in [0.1, 0.15) is 5.54 Å². The van der Waals surface area contributed by atoms with Gasteiger partial charge in [-0.1, -0.05) is 13.0 Å². The molecule has 0 aromatic carbocycles. The highest BCUT2D eigenvalue weighted by molar-refractivity contribution is 6.07. The first-order chi connectivity index (χ1) is 9.50. The van der Waals surface area contributed by atoms with Crippen molar-refractivity contribution in [3.8, 4) is 0 Å². The molecule has 112 valence electrons. The van der Waals surface area contributed by atoms with Gasteiger partial charge >= 0.3 is 12.0 Å². The molecule has 6 heteroatoms. The monoisotopic (exact) mass is 282 g/mol. The lowest BCUT2D eigenvalue weighted by Gasteiger charge is -2.25. The largest absolute Gasteiger partial charge is 0.466 e. The first-order valence-corrected chi connectivity index (χ1v) is 6.91. The maximum Gasteiger partial charge on any atom is 0.325 e. The van der Waals surface area contributed by atoms with Crippen molar-refractivity contribution in [2.75, 3.05) is 13.2 Å². The molecular formula is C14H22N2O4. The van der Waals surface area contributed by atoms with E-state index in [1.165, 1.54) is 4.90 Å². The lowest BCUT2D eigenvalue weighted by molar-refractivity contribution is -0.143. The van der Waals surface area contributed by atoms with Crippen molar-refractivity contribution in [2.45, 2.75) is 45.1 Å². The molecule has 0 bridgehead atoms. The second-order valence-corrected chi connectivity index (χ2v) is 4.77.